The molecule has 5 unspecified atom stereocenters. The van der Waals surface area contributed by atoms with Gasteiger partial charge in [0.2, 0.25) is 0 Å². The van der Waals surface area contributed by atoms with Crippen LogP contribution in [0.2, 0.25) is 0 Å². The number of rotatable bonds is 3. The van der Waals surface area contributed by atoms with Gasteiger partial charge in [-0.05, 0) is 49.4 Å². The van der Waals surface area contributed by atoms with Crippen LogP contribution >= 0.6 is 0 Å². The zero-order chi connectivity index (χ0) is 12.6. The van der Waals surface area contributed by atoms with E-state index in [1.807, 2.05) is 6.92 Å². The Balaban J connectivity index is 2.23. The molecule has 0 saturated heterocycles. The highest BCUT2D eigenvalue weighted by atomic mass is 16.4. The van der Waals surface area contributed by atoms with Gasteiger partial charge in [0.05, 0.1) is 12.0 Å². The average Bonchev–Trinajstić information content (AvgIpc) is 2.26. The topological polar surface area (TPSA) is 57.5 Å². The molecule has 2 aliphatic rings. The third-order valence-electron chi connectivity index (χ3n) is 5.17. The van der Waals surface area contributed by atoms with Gasteiger partial charge in [0.25, 0.3) is 0 Å². The van der Waals surface area contributed by atoms with Crippen LogP contribution in [-0.4, -0.2) is 22.3 Å². The smallest absolute Gasteiger partial charge is 0.306 e. The van der Waals surface area contributed by atoms with Crippen molar-refractivity contribution in [1.82, 2.24) is 0 Å². The maximum atomic E-state index is 11.3. The van der Waals surface area contributed by atoms with Gasteiger partial charge in [-0.2, -0.15) is 0 Å². The summed E-state index contributed by atoms with van der Waals surface area (Å²) in [5, 5.41) is 19.3. The number of carboxylic acids is 1. The van der Waals surface area contributed by atoms with Crippen molar-refractivity contribution >= 4 is 5.97 Å². The second kappa shape index (κ2) is 4.60. The molecule has 2 aliphatic carbocycles. The molecular formula is C14H24O3. The fourth-order valence-electron chi connectivity index (χ4n) is 4.26. The van der Waals surface area contributed by atoms with Crippen LogP contribution in [0.3, 0.4) is 0 Å². The predicted octanol–water partition coefficient (Wildman–Crippen LogP) is 2.67. The Kier molecular flexibility index (Phi) is 3.48. The van der Waals surface area contributed by atoms with Crippen LogP contribution in [-0.2, 0) is 4.79 Å². The quantitative estimate of drug-likeness (QED) is 0.797. The van der Waals surface area contributed by atoms with Gasteiger partial charge in [0, 0.05) is 0 Å². The molecule has 2 rings (SSSR count). The van der Waals surface area contributed by atoms with Crippen LogP contribution in [0.5, 0.6) is 0 Å². The molecule has 2 fully saturated rings. The number of aliphatic hydroxyl groups is 1. The van der Waals surface area contributed by atoms with Crippen molar-refractivity contribution in [2.75, 3.05) is 0 Å². The van der Waals surface area contributed by atoms with Crippen molar-refractivity contribution in [2.45, 2.75) is 58.5 Å². The Morgan fingerprint density at radius 1 is 1.35 bits per heavy atom. The molecule has 0 aromatic heterocycles. The van der Waals surface area contributed by atoms with Crippen molar-refractivity contribution in [2.24, 2.45) is 23.2 Å². The summed E-state index contributed by atoms with van der Waals surface area (Å²) in [4.78, 5) is 11.3. The minimum atomic E-state index is -0.699. The Labute approximate surface area is 103 Å². The van der Waals surface area contributed by atoms with E-state index >= 15 is 0 Å². The van der Waals surface area contributed by atoms with Gasteiger partial charge in [0.1, 0.15) is 0 Å². The van der Waals surface area contributed by atoms with E-state index in [1.165, 1.54) is 6.42 Å². The number of hydrogen-bond donors (Lipinski definition) is 2. The molecule has 3 nitrogen and oxygen atoms in total. The Bertz CT molecular complexity index is 298. The molecule has 2 saturated carbocycles. The maximum absolute atomic E-state index is 11.3. The van der Waals surface area contributed by atoms with E-state index in [4.69, 9.17) is 0 Å². The van der Waals surface area contributed by atoms with Crippen LogP contribution in [0, 0.1) is 23.2 Å². The van der Waals surface area contributed by atoms with Crippen molar-refractivity contribution < 1.29 is 15.0 Å². The molecule has 0 aliphatic heterocycles. The summed E-state index contributed by atoms with van der Waals surface area (Å²) in [5.74, 6) is 0.172. The van der Waals surface area contributed by atoms with E-state index in [-0.39, 0.29) is 17.4 Å². The summed E-state index contributed by atoms with van der Waals surface area (Å²) >= 11 is 0. The number of carboxylic acid groups (broad SMARTS) is 1. The Morgan fingerprint density at radius 3 is 2.65 bits per heavy atom. The first-order chi connectivity index (χ1) is 7.97. The second-order valence-corrected chi connectivity index (χ2v) is 6.30. The SMILES string of the molecule is CCC1CC2CC(O)CC(C(C)C(=O)O)(C1)C2. The van der Waals surface area contributed by atoms with E-state index < -0.39 is 5.97 Å². The van der Waals surface area contributed by atoms with Gasteiger partial charge in [0.15, 0.2) is 0 Å². The molecule has 98 valence electrons. The average molecular weight is 240 g/mol. The molecule has 0 heterocycles. The lowest BCUT2D eigenvalue weighted by Gasteiger charge is -2.52. The fraction of sp³-hybridized carbons (Fsp3) is 0.929. The molecular weight excluding hydrogens is 216 g/mol. The molecule has 0 radical (unpaired) electrons. The van der Waals surface area contributed by atoms with E-state index in [1.54, 1.807) is 0 Å². The number of aliphatic hydroxyl groups excluding tert-OH is 1. The zero-order valence-corrected chi connectivity index (χ0v) is 10.9. The lowest BCUT2D eigenvalue weighted by molar-refractivity contribution is -0.153. The molecule has 3 heteroatoms. The molecule has 0 aromatic carbocycles. The van der Waals surface area contributed by atoms with Gasteiger partial charge >= 0.3 is 5.97 Å². The van der Waals surface area contributed by atoms with Crippen LogP contribution in [0.4, 0.5) is 0 Å². The van der Waals surface area contributed by atoms with Crippen molar-refractivity contribution in [1.29, 1.82) is 0 Å². The third-order valence-corrected chi connectivity index (χ3v) is 5.17. The highest BCUT2D eigenvalue weighted by Crippen LogP contribution is 2.55. The van der Waals surface area contributed by atoms with Crippen LogP contribution in [0.15, 0.2) is 0 Å². The van der Waals surface area contributed by atoms with Gasteiger partial charge in [-0.3, -0.25) is 4.79 Å². The minimum absolute atomic E-state index is 0.146. The summed E-state index contributed by atoms with van der Waals surface area (Å²) in [6.07, 6.45) is 5.60. The third kappa shape index (κ3) is 2.35. The molecule has 17 heavy (non-hydrogen) atoms. The van der Waals surface area contributed by atoms with E-state index in [0.29, 0.717) is 18.3 Å². The molecule has 0 amide bonds. The molecule has 2 N–H and O–H groups in total. The fourth-order valence-corrected chi connectivity index (χ4v) is 4.26. The molecule has 0 spiro atoms. The van der Waals surface area contributed by atoms with Gasteiger partial charge in [-0.1, -0.05) is 20.3 Å². The summed E-state index contributed by atoms with van der Waals surface area (Å²) in [7, 11) is 0. The van der Waals surface area contributed by atoms with Crippen LogP contribution in [0.25, 0.3) is 0 Å². The number of aliphatic carboxylic acids is 1. The lowest BCUT2D eigenvalue weighted by Crippen LogP contribution is -2.47. The first kappa shape index (κ1) is 12.9. The molecule has 2 bridgehead atoms. The van der Waals surface area contributed by atoms with Crippen molar-refractivity contribution in [3.05, 3.63) is 0 Å². The monoisotopic (exact) mass is 240 g/mol. The van der Waals surface area contributed by atoms with E-state index in [2.05, 4.69) is 6.92 Å². The minimum Gasteiger partial charge on any atom is -0.481 e. The van der Waals surface area contributed by atoms with Crippen LogP contribution in [0.1, 0.15) is 52.4 Å². The van der Waals surface area contributed by atoms with E-state index in [0.717, 1.165) is 25.7 Å². The molecule has 5 atom stereocenters. The van der Waals surface area contributed by atoms with E-state index in [9.17, 15) is 15.0 Å². The second-order valence-electron chi connectivity index (χ2n) is 6.30. The first-order valence-corrected chi connectivity index (χ1v) is 6.87. The summed E-state index contributed by atoms with van der Waals surface area (Å²) < 4.78 is 0. The predicted molar refractivity (Wildman–Crippen MR) is 65.6 cm³/mol. The summed E-state index contributed by atoms with van der Waals surface area (Å²) in [6, 6.07) is 0. The first-order valence-electron chi connectivity index (χ1n) is 6.87. The van der Waals surface area contributed by atoms with Gasteiger partial charge in [-0.15, -0.1) is 0 Å². The summed E-state index contributed by atoms with van der Waals surface area (Å²) in [5.41, 5.74) is -0.146. The maximum Gasteiger partial charge on any atom is 0.306 e. The van der Waals surface area contributed by atoms with Gasteiger partial charge in [-0.25, -0.2) is 0 Å². The van der Waals surface area contributed by atoms with Crippen LogP contribution < -0.4 is 0 Å². The largest absolute Gasteiger partial charge is 0.481 e. The van der Waals surface area contributed by atoms with Crippen molar-refractivity contribution in [3.63, 3.8) is 0 Å². The summed E-state index contributed by atoms with van der Waals surface area (Å²) in [6.45, 7) is 4.02. The molecule has 0 aromatic rings. The lowest BCUT2D eigenvalue weighted by atomic mass is 9.53. The standard InChI is InChI=1S/C14H24O3/c1-3-10-4-11-5-12(15)8-14(6-10,7-11)9(2)13(16)17/h9-12,15H,3-8H2,1-2H3,(H,16,17). The highest BCUT2D eigenvalue weighted by molar-refractivity contribution is 5.70. The van der Waals surface area contributed by atoms with Crippen molar-refractivity contribution in [3.8, 4) is 0 Å². The highest BCUT2D eigenvalue weighted by Gasteiger charge is 2.50. The Morgan fingerprint density at radius 2 is 2.06 bits per heavy atom. The number of hydrogen-bond acceptors (Lipinski definition) is 2. The zero-order valence-electron chi connectivity index (χ0n) is 10.9. The Hall–Kier alpha value is -0.570. The van der Waals surface area contributed by atoms with Gasteiger partial charge < -0.3 is 10.2 Å². The number of fused-ring (bicyclic) bond motifs is 2. The normalized spacial score (nSPS) is 43.1. The number of carbonyl (C=O) groups is 1.